The van der Waals surface area contributed by atoms with Gasteiger partial charge in [-0.3, -0.25) is 0 Å². The van der Waals surface area contributed by atoms with Crippen LogP contribution in [0.3, 0.4) is 0 Å². The molecule has 0 aliphatic heterocycles. The molecule has 1 aromatic heterocycles. The summed E-state index contributed by atoms with van der Waals surface area (Å²) < 4.78 is 2.08. The molecule has 1 aromatic carbocycles. The van der Waals surface area contributed by atoms with Gasteiger partial charge in [0.2, 0.25) is 0 Å². The van der Waals surface area contributed by atoms with Gasteiger partial charge in [0.1, 0.15) is 0 Å². The van der Waals surface area contributed by atoms with Crippen LogP contribution < -0.4 is 5.32 Å². The Hall–Kier alpha value is -2.12. The molecule has 0 aliphatic carbocycles. The highest BCUT2D eigenvalue weighted by atomic mass is 15.0. The summed E-state index contributed by atoms with van der Waals surface area (Å²) in [6, 6.07) is 7.96. The first-order valence-corrected chi connectivity index (χ1v) is 6.38. The zero-order valence-corrected chi connectivity index (χ0v) is 11.3. The minimum Gasteiger partial charge on any atom is -0.333 e. The number of nitrogens with one attached hydrogen (secondary N) is 1. The Labute approximate surface area is 113 Å². The zero-order valence-electron chi connectivity index (χ0n) is 11.3. The van der Waals surface area contributed by atoms with Crippen molar-refractivity contribution in [3.05, 3.63) is 53.1 Å². The molecule has 0 amide bonds. The summed E-state index contributed by atoms with van der Waals surface area (Å²) in [6.07, 6.45) is 4.88. The van der Waals surface area contributed by atoms with Crippen LogP contribution >= 0.6 is 0 Å². The fourth-order valence-electron chi connectivity index (χ4n) is 2.01. The number of aromatic nitrogens is 2. The van der Waals surface area contributed by atoms with Crippen LogP contribution in [-0.4, -0.2) is 23.1 Å². The van der Waals surface area contributed by atoms with Crippen molar-refractivity contribution in [1.29, 1.82) is 5.26 Å². The van der Waals surface area contributed by atoms with Gasteiger partial charge in [0.05, 0.1) is 23.7 Å². The lowest BCUT2D eigenvalue weighted by Gasteiger charge is -2.06. The molecule has 0 radical (unpaired) electrons. The average Bonchev–Trinajstić information content (AvgIpc) is 2.86. The van der Waals surface area contributed by atoms with Crippen LogP contribution in [0.2, 0.25) is 0 Å². The highest BCUT2D eigenvalue weighted by Crippen LogP contribution is 2.12. The summed E-state index contributed by atoms with van der Waals surface area (Å²) in [5, 5.41) is 12.0. The molecule has 2 rings (SSSR count). The van der Waals surface area contributed by atoms with Gasteiger partial charge in [0, 0.05) is 25.7 Å². The monoisotopic (exact) mass is 254 g/mol. The van der Waals surface area contributed by atoms with Crippen LogP contribution in [-0.2, 0) is 13.0 Å². The highest BCUT2D eigenvalue weighted by Gasteiger charge is 2.03. The Morgan fingerprint density at radius 2 is 2.26 bits per heavy atom. The van der Waals surface area contributed by atoms with Gasteiger partial charge in [-0.1, -0.05) is 6.07 Å². The van der Waals surface area contributed by atoms with Crippen LogP contribution in [0.15, 0.2) is 30.7 Å². The quantitative estimate of drug-likeness (QED) is 0.886. The maximum absolute atomic E-state index is 8.86. The van der Waals surface area contributed by atoms with Crippen molar-refractivity contribution in [3.8, 4) is 6.07 Å². The van der Waals surface area contributed by atoms with Crippen molar-refractivity contribution >= 4 is 0 Å². The largest absolute Gasteiger partial charge is 0.333 e. The molecule has 0 bridgehead atoms. The smallest absolute Gasteiger partial charge is 0.0991 e. The second-order valence-corrected chi connectivity index (χ2v) is 4.64. The Morgan fingerprint density at radius 1 is 1.42 bits per heavy atom. The Bertz CT molecular complexity index is 592. The molecule has 0 saturated carbocycles. The first-order chi connectivity index (χ1) is 9.22. The summed E-state index contributed by atoms with van der Waals surface area (Å²) in [5.74, 6) is 0. The number of rotatable bonds is 5. The third-order valence-corrected chi connectivity index (χ3v) is 3.14. The average molecular weight is 254 g/mol. The molecule has 98 valence electrons. The lowest BCUT2D eigenvalue weighted by atomic mass is 10.1. The van der Waals surface area contributed by atoms with Gasteiger partial charge in [0.15, 0.2) is 0 Å². The lowest BCUT2D eigenvalue weighted by molar-refractivity contribution is 0.772. The molecule has 19 heavy (non-hydrogen) atoms. The minimum absolute atomic E-state index is 0.710. The third kappa shape index (κ3) is 3.43. The number of benzene rings is 1. The van der Waals surface area contributed by atoms with E-state index in [1.165, 1.54) is 5.56 Å². The fourth-order valence-corrected chi connectivity index (χ4v) is 2.01. The molecule has 0 aliphatic rings. The van der Waals surface area contributed by atoms with Crippen molar-refractivity contribution < 1.29 is 0 Å². The zero-order chi connectivity index (χ0) is 13.7. The molecule has 1 N–H and O–H groups in total. The summed E-state index contributed by atoms with van der Waals surface area (Å²) in [5.41, 5.74) is 4.17. The topological polar surface area (TPSA) is 53.6 Å². The van der Waals surface area contributed by atoms with Crippen LogP contribution in [0, 0.1) is 18.3 Å². The number of imidazole rings is 1. The van der Waals surface area contributed by atoms with Gasteiger partial charge in [0.25, 0.3) is 0 Å². The molecule has 2 aromatic rings. The van der Waals surface area contributed by atoms with Crippen LogP contribution in [0.1, 0.15) is 22.4 Å². The highest BCUT2D eigenvalue weighted by molar-refractivity contribution is 5.37. The molecular formula is C15H18N4. The van der Waals surface area contributed by atoms with Crippen molar-refractivity contribution in [2.45, 2.75) is 19.9 Å². The predicted octanol–water partition coefficient (Wildman–Crippen LogP) is 1.87. The van der Waals surface area contributed by atoms with Gasteiger partial charge in [-0.25, -0.2) is 4.98 Å². The molecular weight excluding hydrogens is 236 g/mol. The molecule has 0 saturated heterocycles. The normalized spacial score (nSPS) is 10.4. The maximum Gasteiger partial charge on any atom is 0.0991 e. The predicted molar refractivity (Wildman–Crippen MR) is 74.9 cm³/mol. The van der Waals surface area contributed by atoms with Gasteiger partial charge >= 0.3 is 0 Å². The number of nitriles is 1. The summed E-state index contributed by atoms with van der Waals surface area (Å²) in [7, 11) is 1.94. The second kappa shape index (κ2) is 6.17. The SMILES string of the molecule is CNCCc1cn(Cc2ccc(C#N)cc2C)cn1. The van der Waals surface area contributed by atoms with Crippen molar-refractivity contribution in [2.75, 3.05) is 13.6 Å². The number of likely N-dealkylation sites (N-methyl/N-ethyl adjacent to an activating group) is 1. The number of nitrogens with zero attached hydrogens (tertiary/aromatic N) is 3. The van der Waals surface area contributed by atoms with E-state index in [2.05, 4.69) is 27.1 Å². The molecule has 4 heteroatoms. The van der Waals surface area contributed by atoms with Crippen LogP contribution in [0.4, 0.5) is 0 Å². The van der Waals surface area contributed by atoms with Crippen molar-refractivity contribution in [3.63, 3.8) is 0 Å². The van der Waals surface area contributed by atoms with E-state index in [4.69, 9.17) is 5.26 Å². The van der Waals surface area contributed by atoms with E-state index >= 15 is 0 Å². The fraction of sp³-hybridized carbons (Fsp3) is 0.333. The number of aryl methyl sites for hydroxylation is 1. The van der Waals surface area contributed by atoms with Gasteiger partial charge < -0.3 is 9.88 Å². The Morgan fingerprint density at radius 3 is 2.95 bits per heavy atom. The van der Waals surface area contributed by atoms with Gasteiger partial charge in [-0.05, 0) is 37.2 Å². The van der Waals surface area contributed by atoms with Crippen molar-refractivity contribution in [1.82, 2.24) is 14.9 Å². The minimum atomic E-state index is 0.710. The Balaban J connectivity index is 2.09. The summed E-state index contributed by atoms with van der Waals surface area (Å²) >= 11 is 0. The standard InChI is InChI=1S/C15H18N4/c1-12-7-13(8-16)3-4-14(12)9-19-10-15(18-11-19)5-6-17-2/h3-4,7,10-11,17H,5-6,9H2,1-2H3. The molecule has 0 spiro atoms. The molecule has 1 heterocycles. The Kier molecular flexibility index (Phi) is 4.32. The number of hydrogen-bond donors (Lipinski definition) is 1. The summed E-state index contributed by atoms with van der Waals surface area (Å²) in [4.78, 5) is 4.38. The van der Waals surface area contributed by atoms with Crippen LogP contribution in [0.25, 0.3) is 0 Å². The van der Waals surface area contributed by atoms with E-state index in [0.717, 1.165) is 30.8 Å². The third-order valence-electron chi connectivity index (χ3n) is 3.14. The van der Waals surface area contributed by atoms with E-state index < -0.39 is 0 Å². The van der Waals surface area contributed by atoms with Gasteiger partial charge in [-0.2, -0.15) is 5.26 Å². The van der Waals surface area contributed by atoms with Gasteiger partial charge in [-0.15, -0.1) is 0 Å². The molecule has 0 fully saturated rings. The molecule has 4 nitrogen and oxygen atoms in total. The van der Waals surface area contributed by atoms with E-state index in [1.807, 2.05) is 38.5 Å². The van der Waals surface area contributed by atoms with Crippen LogP contribution in [0.5, 0.6) is 0 Å². The summed E-state index contributed by atoms with van der Waals surface area (Å²) in [6.45, 7) is 3.77. The first-order valence-electron chi connectivity index (χ1n) is 6.38. The lowest BCUT2D eigenvalue weighted by Crippen LogP contribution is -2.10. The van der Waals surface area contributed by atoms with E-state index in [-0.39, 0.29) is 0 Å². The second-order valence-electron chi connectivity index (χ2n) is 4.64. The van der Waals surface area contributed by atoms with E-state index in [0.29, 0.717) is 5.56 Å². The van der Waals surface area contributed by atoms with E-state index in [1.54, 1.807) is 0 Å². The maximum atomic E-state index is 8.86. The first kappa shape index (κ1) is 13.3. The number of hydrogen-bond acceptors (Lipinski definition) is 3. The van der Waals surface area contributed by atoms with E-state index in [9.17, 15) is 0 Å². The molecule has 0 atom stereocenters. The molecule has 0 unspecified atom stereocenters. The van der Waals surface area contributed by atoms with Crippen molar-refractivity contribution in [2.24, 2.45) is 0 Å².